The van der Waals surface area contributed by atoms with Crippen molar-refractivity contribution in [2.45, 2.75) is 5.41 Å². The average Bonchev–Trinajstić information content (AvgIpc) is 3.91. The average molecular weight is 738 g/mol. The number of benzene rings is 8. The molecule has 1 spiro atoms. The molecule has 12 rings (SSSR count). The fraction of sp³-hybridized carbons (Fsp3) is 0.0189. The normalized spacial score (nSPS) is 12.9. The van der Waals surface area contributed by atoms with Crippen molar-refractivity contribution in [1.82, 2.24) is 19.5 Å². The van der Waals surface area contributed by atoms with E-state index in [1.807, 2.05) is 48.5 Å². The number of hydrogen-bond acceptors (Lipinski definition) is 4. The van der Waals surface area contributed by atoms with E-state index in [9.17, 15) is 5.26 Å². The second-order valence-electron chi connectivity index (χ2n) is 15.0. The Morgan fingerprint density at radius 3 is 1.74 bits per heavy atom. The van der Waals surface area contributed by atoms with Gasteiger partial charge in [0.05, 0.1) is 28.1 Å². The van der Waals surface area contributed by atoms with Crippen molar-refractivity contribution in [1.29, 1.82) is 5.26 Å². The third-order valence-corrected chi connectivity index (χ3v) is 12.1. The molecule has 0 saturated carbocycles. The van der Waals surface area contributed by atoms with Crippen LogP contribution in [0, 0.1) is 11.3 Å². The summed E-state index contributed by atoms with van der Waals surface area (Å²) in [5, 5.41) is 11.7. The molecule has 8 aromatic carbocycles. The van der Waals surface area contributed by atoms with Crippen molar-refractivity contribution in [2.24, 2.45) is 0 Å². The minimum atomic E-state index is -0.486. The van der Waals surface area contributed by atoms with Gasteiger partial charge in [0.2, 0.25) is 5.95 Å². The molecule has 2 aliphatic carbocycles. The molecule has 0 radical (unpaired) electrons. The van der Waals surface area contributed by atoms with Crippen molar-refractivity contribution in [2.75, 3.05) is 0 Å². The molecule has 0 aliphatic heterocycles. The molecule has 0 fully saturated rings. The van der Waals surface area contributed by atoms with Crippen LogP contribution in [0.5, 0.6) is 0 Å². The zero-order chi connectivity index (χ0) is 38.4. The van der Waals surface area contributed by atoms with Gasteiger partial charge in [0.25, 0.3) is 0 Å². The fourth-order valence-electron chi connectivity index (χ4n) is 9.72. The maximum atomic E-state index is 9.41. The third-order valence-electron chi connectivity index (χ3n) is 12.1. The van der Waals surface area contributed by atoms with Gasteiger partial charge in [-0.3, -0.25) is 4.57 Å². The number of hydrogen-bond donors (Lipinski definition) is 0. The molecule has 2 aromatic heterocycles. The van der Waals surface area contributed by atoms with Crippen molar-refractivity contribution in [3.63, 3.8) is 0 Å². The zero-order valence-corrected chi connectivity index (χ0v) is 31.1. The monoisotopic (exact) mass is 737 g/mol. The van der Waals surface area contributed by atoms with Crippen LogP contribution < -0.4 is 0 Å². The van der Waals surface area contributed by atoms with E-state index in [4.69, 9.17) is 15.0 Å². The van der Waals surface area contributed by atoms with Gasteiger partial charge in [0.1, 0.15) is 0 Å². The van der Waals surface area contributed by atoms with Gasteiger partial charge in [0, 0.05) is 27.5 Å². The van der Waals surface area contributed by atoms with E-state index in [-0.39, 0.29) is 0 Å². The maximum Gasteiger partial charge on any atom is 0.238 e. The van der Waals surface area contributed by atoms with E-state index >= 15 is 0 Å². The molecule has 2 aliphatic rings. The summed E-state index contributed by atoms with van der Waals surface area (Å²) in [5.74, 6) is 1.73. The molecule has 0 N–H and O–H groups in total. The maximum absolute atomic E-state index is 9.41. The Balaban J connectivity index is 1.17. The number of nitrogens with zero attached hydrogens (tertiary/aromatic N) is 5. The van der Waals surface area contributed by atoms with Crippen molar-refractivity contribution < 1.29 is 0 Å². The summed E-state index contributed by atoms with van der Waals surface area (Å²) in [4.78, 5) is 15.8. The Hall–Kier alpha value is -7.94. The van der Waals surface area contributed by atoms with Gasteiger partial charge in [-0.25, -0.2) is 4.98 Å². The molecule has 268 valence electrons. The van der Waals surface area contributed by atoms with Gasteiger partial charge >= 0.3 is 0 Å². The van der Waals surface area contributed by atoms with Crippen LogP contribution in [0.15, 0.2) is 188 Å². The van der Waals surface area contributed by atoms with Crippen LogP contribution in [0.25, 0.3) is 83.9 Å². The Morgan fingerprint density at radius 2 is 1.02 bits per heavy atom. The van der Waals surface area contributed by atoms with Crippen molar-refractivity contribution in [3.05, 3.63) is 216 Å². The molecule has 0 amide bonds. The predicted octanol–water partition coefficient (Wildman–Crippen LogP) is 12.2. The molecule has 0 bridgehead atoms. The largest absolute Gasteiger partial charge is 0.277 e. The lowest BCUT2D eigenvalue weighted by atomic mass is 9.70. The van der Waals surface area contributed by atoms with E-state index < -0.39 is 5.41 Å². The predicted molar refractivity (Wildman–Crippen MR) is 231 cm³/mol. The molecule has 10 aromatic rings. The molecule has 0 saturated heterocycles. The first-order valence-corrected chi connectivity index (χ1v) is 19.5. The van der Waals surface area contributed by atoms with Gasteiger partial charge in [-0.05, 0) is 74.3 Å². The highest BCUT2D eigenvalue weighted by Crippen LogP contribution is 2.64. The minimum absolute atomic E-state index is 0.486. The molecule has 0 unspecified atom stereocenters. The Morgan fingerprint density at radius 1 is 0.431 bits per heavy atom. The van der Waals surface area contributed by atoms with Crippen LogP contribution in [-0.2, 0) is 5.41 Å². The number of aromatic nitrogens is 4. The highest BCUT2D eigenvalue weighted by Gasteiger charge is 2.52. The second kappa shape index (κ2) is 12.3. The highest BCUT2D eigenvalue weighted by molar-refractivity contribution is 6.16. The highest BCUT2D eigenvalue weighted by atomic mass is 15.2. The summed E-state index contributed by atoms with van der Waals surface area (Å²) in [5.41, 5.74) is 16.2. The van der Waals surface area contributed by atoms with Crippen LogP contribution in [0.1, 0.15) is 27.8 Å². The SMILES string of the molecule is N#Cc1ccc(-c2cccc(-c3nc(-c4ccccc4)nc(-n4c5ccccc5c5ccc6c(c54)-c4ccccc4C64c5ccccc5-c5ccccc54)n3)c2)cc1. The Bertz CT molecular complexity index is 3310. The fourth-order valence-corrected chi connectivity index (χ4v) is 9.72. The van der Waals surface area contributed by atoms with Crippen LogP contribution in [0.4, 0.5) is 0 Å². The summed E-state index contributed by atoms with van der Waals surface area (Å²) in [6.45, 7) is 0. The lowest BCUT2D eigenvalue weighted by Crippen LogP contribution is -2.25. The first-order valence-electron chi connectivity index (χ1n) is 19.5. The summed E-state index contributed by atoms with van der Waals surface area (Å²) in [6, 6.07) is 68.4. The molecule has 0 atom stereocenters. The van der Waals surface area contributed by atoms with Gasteiger partial charge in [-0.2, -0.15) is 15.2 Å². The van der Waals surface area contributed by atoms with Crippen molar-refractivity contribution in [3.8, 4) is 68.2 Å². The molecule has 5 heteroatoms. The van der Waals surface area contributed by atoms with Gasteiger partial charge in [0.15, 0.2) is 11.6 Å². The first kappa shape index (κ1) is 32.3. The van der Waals surface area contributed by atoms with Gasteiger partial charge < -0.3 is 0 Å². The molecular formula is C53H31N5. The topological polar surface area (TPSA) is 67.4 Å². The van der Waals surface area contributed by atoms with Crippen LogP contribution in [-0.4, -0.2) is 19.5 Å². The zero-order valence-electron chi connectivity index (χ0n) is 31.1. The van der Waals surface area contributed by atoms with E-state index in [0.717, 1.165) is 44.1 Å². The smallest absolute Gasteiger partial charge is 0.238 e. The molecule has 58 heavy (non-hydrogen) atoms. The quantitative estimate of drug-likeness (QED) is 0.180. The van der Waals surface area contributed by atoms with Gasteiger partial charge in [-0.15, -0.1) is 0 Å². The van der Waals surface area contributed by atoms with Crippen LogP contribution in [0.2, 0.25) is 0 Å². The summed E-state index contributed by atoms with van der Waals surface area (Å²) < 4.78 is 2.27. The lowest BCUT2D eigenvalue weighted by molar-refractivity contribution is 0.794. The van der Waals surface area contributed by atoms with E-state index in [1.54, 1.807) is 0 Å². The lowest BCUT2D eigenvalue weighted by Gasteiger charge is -2.30. The van der Waals surface area contributed by atoms with E-state index in [0.29, 0.717) is 23.2 Å². The van der Waals surface area contributed by atoms with Gasteiger partial charge in [-0.1, -0.05) is 164 Å². The third kappa shape index (κ3) is 4.43. The molecule has 2 heterocycles. The number of nitriles is 1. The second-order valence-corrected chi connectivity index (χ2v) is 15.0. The number of rotatable bonds is 4. The van der Waals surface area contributed by atoms with Crippen molar-refractivity contribution >= 4 is 21.8 Å². The van der Waals surface area contributed by atoms with Crippen LogP contribution >= 0.6 is 0 Å². The Kier molecular flexibility index (Phi) is 6.84. The molecular weight excluding hydrogens is 707 g/mol. The Labute approximate surface area is 334 Å². The summed E-state index contributed by atoms with van der Waals surface area (Å²) in [6.07, 6.45) is 0. The minimum Gasteiger partial charge on any atom is -0.277 e. The standard InChI is InChI=1S/C53H31N5/c54-32-33-25-27-34(28-26-33)36-15-12-16-37(31-36)51-55-50(35-13-2-1-3-14-35)56-52(57-51)58-47-24-11-7-19-40(47)41-29-30-46-48(49(41)58)42-20-6-10-23-45(42)53(46)43-21-8-4-17-38(43)39-18-5-9-22-44(39)53/h1-31H. The number of fused-ring (bicyclic) bond motifs is 14. The summed E-state index contributed by atoms with van der Waals surface area (Å²) >= 11 is 0. The number of para-hydroxylation sites is 1. The molecule has 5 nitrogen and oxygen atoms in total. The first-order chi connectivity index (χ1) is 28.7. The van der Waals surface area contributed by atoms with E-state index in [1.165, 1.54) is 44.5 Å². The summed E-state index contributed by atoms with van der Waals surface area (Å²) in [7, 11) is 0. The van der Waals surface area contributed by atoms with Crippen LogP contribution in [0.3, 0.4) is 0 Å². The van der Waals surface area contributed by atoms with E-state index in [2.05, 4.69) is 150 Å².